The summed E-state index contributed by atoms with van der Waals surface area (Å²) in [4.78, 5) is 56.7. The molecule has 8 heteroatoms. The topological polar surface area (TPSA) is 113 Å². The van der Waals surface area contributed by atoms with Gasteiger partial charge in [0.25, 0.3) is 5.91 Å². The van der Waals surface area contributed by atoms with Crippen LogP contribution in [0.4, 0.5) is 0 Å². The number of carbonyl (C=O) groups is 4. The van der Waals surface area contributed by atoms with Crippen molar-refractivity contribution >= 4 is 23.5 Å². The number of amides is 3. The number of nitrogens with two attached hydrogens (primary N) is 1. The second-order valence-corrected chi connectivity index (χ2v) is 13.2. The maximum Gasteiger partial charge on any atom is 0.251 e. The van der Waals surface area contributed by atoms with Crippen LogP contribution in [0.1, 0.15) is 95.5 Å². The van der Waals surface area contributed by atoms with Crippen LogP contribution >= 0.6 is 0 Å². The molecule has 1 saturated carbocycles. The zero-order chi connectivity index (χ0) is 28.5. The minimum Gasteiger partial charge on any atom is -0.340 e. The number of benzene rings is 1. The van der Waals surface area contributed by atoms with Crippen LogP contribution < -0.4 is 11.1 Å². The maximum absolute atomic E-state index is 13.8. The minimum atomic E-state index is -0.749. The quantitative estimate of drug-likeness (QED) is 0.552. The molecule has 0 spiro atoms. The molecule has 2 heterocycles. The predicted octanol–water partition coefficient (Wildman–Crippen LogP) is 3.42. The smallest absolute Gasteiger partial charge is 0.251 e. The highest BCUT2D eigenvalue weighted by Gasteiger charge is 2.53. The van der Waals surface area contributed by atoms with Crippen molar-refractivity contribution in [1.82, 2.24) is 15.1 Å². The molecule has 4 rings (SSSR count). The molecule has 1 aromatic rings. The summed E-state index contributed by atoms with van der Waals surface area (Å²) in [5, 5.41) is 2.95. The van der Waals surface area contributed by atoms with Gasteiger partial charge in [0, 0.05) is 12.1 Å². The number of likely N-dealkylation sites (tertiary alicyclic amines) is 2. The molecular weight excluding hydrogens is 492 g/mol. The van der Waals surface area contributed by atoms with Crippen molar-refractivity contribution in [2.24, 2.45) is 17.6 Å². The van der Waals surface area contributed by atoms with Gasteiger partial charge in [-0.15, -0.1) is 0 Å². The predicted molar refractivity (Wildman–Crippen MR) is 151 cm³/mol. The first-order valence-corrected chi connectivity index (χ1v) is 14.7. The molecule has 8 nitrogen and oxygen atoms in total. The van der Waals surface area contributed by atoms with Gasteiger partial charge in [-0.25, -0.2) is 0 Å². The number of carbonyl (C=O) groups excluding carboxylic acids is 4. The number of fused-ring (bicyclic) bond motifs is 1. The van der Waals surface area contributed by atoms with E-state index in [-0.39, 0.29) is 53.3 Å². The molecule has 1 aliphatic carbocycles. The molecule has 0 aromatic heterocycles. The van der Waals surface area contributed by atoms with Crippen LogP contribution in [-0.2, 0) is 19.8 Å². The van der Waals surface area contributed by atoms with Gasteiger partial charge >= 0.3 is 0 Å². The molecule has 39 heavy (non-hydrogen) atoms. The van der Waals surface area contributed by atoms with Crippen LogP contribution in [-0.4, -0.2) is 70.6 Å². The van der Waals surface area contributed by atoms with Crippen molar-refractivity contribution in [3.63, 3.8) is 0 Å². The summed E-state index contributed by atoms with van der Waals surface area (Å²) in [5.41, 5.74) is 8.00. The molecule has 4 atom stereocenters. The van der Waals surface area contributed by atoms with Crippen molar-refractivity contribution in [2.45, 2.75) is 109 Å². The van der Waals surface area contributed by atoms with E-state index < -0.39 is 18.1 Å². The normalized spacial score (nSPS) is 23.6. The van der Waals surface area contributed by atoms with Crippen LogP contribution in [0.3, 0.4) is 0 Å². The fourth-order valence-electron chi connectivity index (χ4n) is 6.50. The van der Waals surface area contributed by atoms with E-state index in [9.17, 15) is 19.2 Å². The molecular formula is C31H46N4O4. The van der Waals surface area contributed by atoms with E-state index in [0.29, 0.717) is 24.9 Å². The average Bonchev–Trinajstić information content (AvgIpc) is 3.48. The summed E-state index contributed by atoms with van der Waals surface area (Å²) in [6.45, 7) is 10.7. The minimum absolute atomic E-state index is 0.000299. The van der Waals surface area contributed by atoms with Gasteiger partial charge in [0.05, 0.1) is 18.6 Å². The third-order valence-corrected chi connectivity index (χ3v) is 8.76. The standard InChI is InChI=1S/C31H46N4O4/c1-19(2)17-23(33-28(37)21-11-13-22(14-12-21)31(3,4)5)29(38)34-16-15-24-27(34)25(36)18-35(24)30(39)26(32)20-9-7-6-8-10-20/h11-14,19-20,23-24,26-27H,6-10,15-18,32H2,1-5H3,(H,33,37). The van der Waals surface area contributed by atoms with Gasteiger partial charge in [0.15, 0.2) is 5.78 Å². The number of nitrogens with zero attached hydrogens (tertiary/aromatic N) is 2. The highest BCUT2D eigenvalue weighted by molar-refractivity contribution is 6.01. The maximum atomic E-state index is 13.8. The highest BCUT2D eigenvalue weighted by Crippen LogP contribution is 2.33. The van der Waals surface area contributed by atoms with Crippen LogP contribution in [0.2, 0.25) is 0 Å². The molecule has 4 unspecified atom stereocenters. The number of nitrogens with one attached hydrogen (secondary N) is 1. The number of Topliss-reactive ketones (excluding diaryl/α,β-unsaturated/α-hetero) is 1. The molecule has 2 saturated heterocycles. The summed E-state index contributed by atoms with van der Waals surface area (Å²) in [7, 11) is 0. The van der Waals surface area contributed by atoms with E-state index in [0.717, 1.165) is 31.2 Å². The van der Waals surface area contributed by atoms with Crippen LogP contribution in [0.25, 0.3) is 0 Å². The Balaban J connectivity index is 1.46. The van der Waals surface area contributed by atoms with Gasteiger partial charge in [0.2, 0.25) is 11.8 Å². The first-order valence-electron chi connectivity index (χ1n) is 14.7. The zero-order valence-corrected chi connectivity index (χ0v) is 24.2. The molecule has 1 aromatic carbocycles. The summed E-state index contributed by atoms with van der Waals surface area (Å²) >= 11 is 0. The Morgan fingerprint density at radius 3 is 2.21 bits per heavy atom. The second kappa shape index (κ2) is 11.8. The summed E-state index contributed by atoms with van der Waals surface area (Å²) in [6.07, 6.45) is 6.25. The lowest BCUT2D eigenvalue weighted by atomic mass is 9.83. The van der Waals surface area contributed by atoms with Gasteiger partial charge in [-0.2, -0.15) is 0 Å². The molecule has 0 radical (unpaired) electrons. The van der Waals surface area contributed by atoms with Gasteiger partial charge in [-0.05, 0) is 60.6 Å². The third kappa shape index (κ3) is 6.37. The fourth-order valence-corrected chi connectivity index (χ4v) is 6.50. The van der Waals surface area contributed by atoms with E-state index in [1.54, 1.807) is 21.9 Å². The Morgan fingerprint density at radius 2 is 1.62 bits per heavy atom. The summed E-state index contributed by atoms with van der Waals surface area (Å²) < 4.78 is 0. The molecule has 0 bridgehead atoms. The van der Waals surface area contributed by atoms with E-state index in [1.165, 1.54) is 6.42 Å². The monoisotopic (exact) mass is 538 g/mol. The lowest BCUT2D eigenvalue weighted by Crippen LogP contribution is -2.53. The lowest BCUT2D eigenvalue weighted by Gasteiger charge is -2.32. The number of ketones is 1. The average molecular weight is 539 g/mol. The van der Waals surface area contributed by atoms with E-state index >= 15 is 0 Å². The van der Waals surface area contributed by atoms with Crippen LogP contribution in [0.5, 0.6) is 0 Å². The molecule has 214 valence electrons. The Kier molecular flexibility index (Phi) is 8.84. The Labute approximate surface area is 233 Å². The third-order valence-electron chi connectivity index (χ3n) is 8.76. The number of rotatable bonds is 7. The first kappa shape index (κ1) is 29.2. The Bertz CT molecular complexity index is 1070. The van der Waals surface area contributed by atoms with Crippen molar-refractivity contribution in [2.75, 3.05) is 13.1 Å². The van der Waals surface area contributed by atoms with E-state index in [4.69, 9.17) is 5.73 Å². The fraction of sp³-hybridized carbons (Fsp3) is 0.677. The SMILES string of the molecule is CC(C)CC(NC(=O)c1ccc(C(C)(C)C)cc1)C(=O)N1CCC2C1C(=O)CN2C(=O)C(N)C1CCCCC1. The number of hydrogen-bond acceptors (Lipinski definition) is 5. The van der Waals surface area contributed by atoms with Gasteiger partial charge in [-0.3, -0.25) is 19.2 Å². The largest absolute Gasteiger partial charge is 0.340 e. The Hall–Kier alpha value is -2.74. The second-order valence-electron chi connectivity index (χ2n) is 13.2. The molecule has 3 amide bonds. The number of hydrogen-bond donors (Lipinski definition) is 2. The Morgan fingerprint density at radius 1 is 0.974 bits per heavy atom. The van der Waals surface area contributed by atoms with E-state index in [1.807, 2.05) is 26.0 Å². The van der Waals surface area contributed by atoms with Gasteiger partial charge in [-0.1, -0.05) is 66.0 Å². The summed E-state index contributed by atoms with van der Waals surface area (Å²) in [5.74, 6) is -0.534. The summed E-state index contributed by atoms with van der Waals surface area (Å²) in [6, 6.07) is 5.11. The van der Waals surface area contributed by atoms with Crippen molar-refractivity contribution in [3.8, 4) is 0 Å². The molecule has 3 fully saturated rings. The van der Waals surface area contributed by atoms with Crippen molar-refractivity contribution in [1.29, 1.82) is 0 Å². The van der Waals surface area contributed by atoms with Gasteiger partial charge in [0.1, 0.15) is 12.1 Å². The van der Waals surface area contributed by atoms with Crippen LogP contribution in [0, 0.1) is 11.8 Å². The van der Waals surface area contributed by atoms with Crippen molar-refractivity contribution in [3.05, 3.63) is 35.4 Å². The first-order chi connectivity index (χ1) is 18.4. The lowest BCUT2D eigenvalue weighted by molar-refractivity contribution is -0.138. The van der Waals surface area contributed by atoms with Gasteiger partial charge < -0.3 is 20.9 Å². The molecule has 2 aliphatic heterocycles. The van der Waals surface area contributed by atoms with Crippen molar-refractivity contribution < 1.29 is 19.2 Å². The van der Waals surface area contributed by atoms with E-state index in [2.05, 4.69) is 26.1 Å². The van der Waals surface area contributed by atoms with Crippen LogP contribution in [0.15, 0.2) is 24.3 Å². The molecule has 3 N–H and O–H groups in total. The highest BCUT2D eigenvalue weighted by atomic mass is 16.2. The zero-order valence-electron chi connectivity index (χ0n) is 24.2. The molecule has 3 aliphatic rings.